The summed E-state index contributed by atoms with van der Waals surface area (Å²) in [6.07, 6.45) is 1.57. The first kappa shape index (κ1) is 22.5. The Kier molecular flexibility index (Phi) is 6.42. The van der Waals surface area contributed by atoms with Crippen LogP contribution in [0.15, 0.2) is 54.3 Å². The molecule has 4 rings (SSSR count). The standard InChI is InChI=1S/C25H20ClFO6/c1-29-20-12-23(31-3)22(30-2)9-14(20)10-24-25(28)16-8-7-15(11-21(16)33-24)32-13-17-18(26)5-4-6-19(17)27/h4-12H,13H2,1-3H3/b24-10-. The molecule has 0 aliphatic carbocycles. The van der Waals surface area contributed by atoms with E-state index in [1.807, 2.05) is 0 Å². The highest BCUT2D eigenvalue weighted by molar-refractivity contribution is 6.31. The number of ether oxygens (including phenoxy) is 5. The van der Waals surface area contributed by atoms with E-state index in [4.69, 9.17) is 35.3 Å². The van der Waals surface area contributed by atoms with Crippen LogP contribution in [0.25, 0.3) is 6.08 Å². The average Bonchev–Trinajstić information content (AvgIpc) is 3.12. The maximum atomic E-state index is 14.0. The third-order valence-electron chi connectivity index (χ3n) is 5.11. The van der Waals surface area contributed by atoms with Crippen LogP contribution in [0.3, 0.4) is 0 Å². The Morgan fingerprint density at radius 3 is 2.39 bits per heavy atom. The first-order valence-electron chi connectivity index (χ1n) is 9.89. The van der Waals surface area contributed by atoms with Crippen molar-refractivity contribution in [2.75, 3.05) is 21.3 Å². The van der Waals surface area contributed by atoms with Gasteiger partial charge in [-0.1, -0.05) is 17.7 Å². The third kappa shape index (κ3) is 4.45. The van der Waals surface area contributed by atoms with E-state index in [-0.39, 0.29) is 28.7 Å². The van der Waals surface area contributed by atoms with Gasteiger partial charge in [0.25, 0.3) is 0 Å². The highest BCUT2D eigenvalue weighted by Crippen LogP contribution is 2.39. The van der Waals surface area contributed by atoms with Crippen molar-refractivity contribution < 1.29 is 32.9 Å². The van der Waals surface area contributed by atoms with E-state index in [1.54, 1.807) is 42.5 Å². The number of halogens is 2. The lowest BCUT2D eigenvalue weighted by molar-refractivity contribution is 0.101. The molecule has 33 heavy (non-hydrogen) atoms. The summed E-state index contributed by atoms with van der Waals surface area (Å²) in [5.41, 5.74) is 1.21. The second kappa shape index (κ2) is 9.42. The van der Waals surface area contributed by atoms with Gasteiger partial charge in [0.15, 0.2) is 17.3 Å². The molecule has 3 aromatic rings. The van der Waals surface area contributed by atoms with Crippen molar-refractivity contribution in [1.82, 2.24) is 0 Å². The molecule has 0 atom stereocenters. The summed E-state index contributed by atoms with van der Waals surface area (Å²) >= 11 is 6.05. The Balaban J connectivity index is 1.58. The summed E-state index contributed by atoms with van der Waals surface area (Å²) < 4.78 is 41.5. The first-order chi connectivity index (χ1) is 15.9. The number of methoxy groups -OCH3 is 3. The van der Waals surface area contributed by atoms with Crippen LogP contribution in [0, 0.1) is 5.82 Å². The lowest BCUT2D eigenvalue weighted by Gasteiger charge is -2.12. The Morgan fingerprint density at radius 2 is 1.70 bits per heavy atom. The second-order valence-corrected chi connectivity index (χ2v) is 7.44. The van der Waals surface area contributed by atoms with E-state index in [0.717, 1.165) is 0 Å². The zero-order chi connectivity index (χ0) is 23.5. The molecule has 0 spiro atoms. The number of ketones is 1. The molecule has 0 fully saturated rings. The molecule has 0 unspecified atom stereocenters. The van der Waals surface area contributed by atoms with Gasteiger partial charge in [-0.3, -0.25) is 4.79 Å². The van der Waals surface area contributed by atoms with Crippen LogP contribution < -0.4 is 23.7 Å². The molecule has 3 aromatic carbocycles. The first-order valence-corrected chi connectivity index (χ1v) is 10.3. The molecule has 1 aliphatic rings. The maximum Gasteiger partial charge on any atom is 0.231 e. The predicted molar refractivity (Wildman–Crippen MR) is 121 cm³/mol. The van der Waals surface area contributed by atoms with Crippen LogP contribution in [0.4, 0.5) is 4.39 Å². The van der Waals surface area contributed by atoms with Crippen molar-refractivity contribution in [2.45, 2.75) is 6.61 Å². The van der Waals surface area contributed by atoms with Gasteiger partial charge in [0.1, 0.15) is 29.7 Å². The highest BCUT2D eigenvalue weighted by Gasteiger charge is 2.28. The summed E-state index contributed by atoms with van der Waals surface area (Å²) in [5.74, 6) is 1.58. The van der Waals surface area contributed by atoms with Crippen LogP contribution in [0.5, 0.6) is 28.7 Å². The van der Waals surface area contributed by atoms with Gasteiger partial charge in [0, 0.05) is 23.3 Å². The number of Topliss-reactive ketones (excluding diaryl/α,β-unsaturated/α-hetero) is 1. The molecule has 170 valence electrons. The predicted octanol–water partition coefficient (Wildman–Crippen LogP) is 5.70. The number of carbonyl (C=O) groups excluding carboxylic acids is 1. The van der Waals surface area contributed by atoms with E-state index in [2.05, 4.69) is 0 Å². The molecule has 6 nitrogen and oxygen atoms in total. The molecule has 1 aliphatic heterocycles. The highest BCUT2D eigenvalue weighted by atomic mass is 35.5. The summed E-state index contributed by atoms with van der Waals surface area (Å²) in [4.78, 5) is 12.9. The van der Waals surface area contributed by atoms with Crippen LogP contribution in [-0.4, -0.2) is 27.1 Å². The van der Waals surface area contributed by atoms with Crippen LogP contribution in [0.2, 0.25) is 5.02 Å². The monoisotopic (exact) mass is 470 g/mol. The lowest BCUT2D eigenvalue weighted by Crippen LogP contribution is -2.00. The van der Waals surface area contributed by atoms with E-state index in [1.165, 1.54) is 33.5 Å². The van der Waals surface area contributed by atoms with E-state index >= 15 is 0 Å². The number of rotatable bonds is 7. The quantitative estimate of drug-likeness (QED) is 0.413. The minimum absolute atomic E-state index is 0.0657. The molecule has 0 saturated heterocycles. The Labute approximate surface area is 195 Å². The van der Waals surface area contributed by atoms with Crippen molar-refractivity contribution in [3.8, 4) is 28.7 Å². The van der Waals surface area contributed by atoms with Gasteiger partial charge < -0.3 is 23.7 Å². The summed E-state index contributed by atoms with van der Waals surface area (Å²) in [7, 11) is 4.56. The van der Waals surface area contributed by atoms with Crippen molar-refractivity contribution in [3.63, 3.8) is 0 Å². The fourth-order valence-electron chi connectivity index (χ4n) is 3.39. The Bertz CT molecular complexity index is 1230. The largest absolute Gasteiger partial charge is 0.496 e. The minimum atomic E-state index is -0.454. The lowest BCUT2D eigenvalue weighted by atomic mass is 10.1. The van der Waals surface area contributed by atoms with Crippen LogP contribution >= 0.6 is 11.6 Å². The van der Waals surface area contributed by atoms with Gasteiger partial charge in [0.2, 0.25) is 5.78 Å². The fourth-order valence-corrected chi connectivity index (χ4v) is 3.61. The van der Waals surface area contributed by atoms with E-state index < -0.39 is 5.82 Å². The third-order valence-corrected chi connectivity index (χ3v) is 5.46. The molecule has 0 bridgehead atoms. The van der Waals surface area contributed by atoms with Gasteiger partial charge in [-0.15, -0.1) is 0 Å². The van der Waals surface area contributed by atoms with Crippen molar-refractivity contribution >= 4 is 23.5 Å². The van der Waals surface area contributed by atoms with Gasteiger partial charge in [-0.2, -0.15) is 0 Å². The van der Waals surface area contributed by atoms with E-state index in [0.29, 0.717) is 39.9 Å². The number of benzene rings is 3. The second-order valence-electron chi connectivity index (χ2n) is 7.04. The number of allylic oxidation sites excluding steroid dienone is 1. The number of fused-ring (bicyclic) bond motifs is 1. The van der Waals surface area contributed by atoms with Crippen molar-refractivity contribution in [2.24, 2.45) is 0 Å². The number of carbonyl (C=O) groups is 1. The van der Waals surface area contributed by atoms with Crippen molar-refractivity contribution in [1.29, 1.82) is 0 Å². The fraction of sp³-hybridized carbons (Fsp3) is 0.160. The van der Waals surface area contributed by atoms with E-state index in [9.17, 15) is 9.18 Å². The molecule has 0 aromatic heterocycles. The van der Waals surface area contributed by atoms with Gasteiger partial charge in [-0.05, 0) is 36.4 Å². The molecule has 0 amide bonds. The zero-order valence-electron chi connectivity index (χ0n) is 18.1. The van der Waals surface area contributed by atoms with Gasteiger partial charge >= 0.3 is 0 Å². The molecule has 8 heteroatoms. The summed E-state index contributed by atoms with van der Waals surface area (Å²) in [6, 6.07) is 12.6. The smallest absolute Gasteiger partial charge is 0.231 e. The summed E-state index contributed by atoms with van der Waals surface area (Å²) in [6.45, 7) is -0.0657. The maximum absolute atomic E-state index is 14.0. The summed E-state index contributed by atoms with van der Waals surface area (Å²) in [5, 5.41) is 0.275. The molecule has 0 N–H and O–H groups in total. The van der Waals surface area contributed by atoms with Crippen molar-refractivity contribution in [3.05, 3.63) is 81.8 Å². The Morgan fingerprint density at radius 1 is 0.970 bits per heavy atom. The Hall–Kier alpha value is -3.71. The van der Waals surface area contributed by atoms with Gasteiger partial charge in [-0.25, -0.2) is 4.39 Å². The zero-order valence-corrected chi connectivity index (χ0v) is 18.9. The molecule has 0 saturated carbocycles. The normalized spacial score (nSPS) is 13.5. The minimum Gasteiger partial charge on any atom is -0.496 e. The van der Waals surface area contributed by atoms with Crippen LogP contribution in [0.1, 0.15) is 21.5 Å². The molecule has 0 radical (unpaired) electrons. The molecular formula is C25H20ClFO6. The van der Waals surface area contributed by atoms with Gasteiger partial charge in [0.05, 0.1) is 31.9 Å². The number of hydrogen-bond acceptors (Lipinski definition) is 6. The average molecular weight is 471 g/mol. The topological polar surface area (TPSA) is 63.2 Å². The number of hydrogen-bond donors (Lipinski definition) is 0. The SMILES string of the molecule is COc1cc(OC)c(OC)cc1/C=C1\Oc2cc(OCc3c(F)cccc3Cl)ccc2C1=O. The molecular weight excluding hydrogens is 451 g/mol. The van der Waals surface area contributed by atoms with Crippen LogP contribution in [-0.2, 0) is 6.61 Å². The molecule has 1 heterocycles.